The topological polar surface area (TPSA) is 73.1 Å². The molecule has 0 amide bonds. The van der Waals surface area contributed by atoms with Crippen LogP contribution in [0.2, 0.25) is 0 Å². The molecule has 0 aliphatic carbocycles. The zero-order valence-corrected chi connectivity index (χ0v) is 14.2. The number of rotatable bonds is 4. The summed E-state index contributed by atoms with van der Waals surface area (Å²) in [6, 6.07) is 5.89. The molecule has 1 aromatic heterocycles. The number of aryl methyl sites for hydroxylation is 1. The van der Waals surface area contributed by atoms with Crippen LogP contribution >= 0.6 is 15.9 Å². The van der Waals surface area contributed by atoms with Crippen LogP contribution in [-0.2, 0) is 0 Å². The SMILES string of the molecule is Cc1ccc(Oc2nc(C(C)C)nc(NN)c2C)c(Br)c1. The van der Waals surface area contributed by atoms with E-state index in [1.54, 1.807) is 0 Å². The number of aromatic nitrogens is 2. The third kappa shape index (κ3) is 3.51. The zero-order chi connectivity index (χ0) is 15.6. The van der Waals surface area contributed by atoms with Gasteiger partial charge in [-0.25, -0.2) is 10.8 Å². The maximum atomic E-state index is 5.93. The van der Waals surface area contributed by atoms with E-state index in [-0.39, 0.29) is 5.92 Å². The van der Waals surface area contributed by atoms with Crippen molar-refractivity contribution in [3.8, 4) is 11.6 Å². The molecular formula is C15H19BrN4O. The highest BCUT2D eigenvalue weighted by atomic mass is 79.9. The summed E-state index contributed by atoms with van der Waals surface area (Å²) in [7, 11) is 0. The van der Waals surface area contributed by atoms with E-state index >= 15 is 0 Å². The van der Waals surface area contributed by atoms with Crippen molar-refractivity contribution >= 4 is 21.7 Å². The Morgan fingerprint density at radius 1 is 1.24 bits per heavy atom. The average Bonchev–Trinajstić information content (AvgIpc) is 2.43. The molecule has 3 N–H and O–H groups in total. The lowest BCUT2D eigenvalue weighted by molar-refractivity contribution is 0.450. The molecule has 2 aromatic rings. The van der Waals surface area contributed by atoms with Gasteiger partial charge in [-0.05, 0) is 47.5 Å². The minimum atomic E-state index is 0.182. The second-order valence-corrected chi connectivity index (χ2v) is 6.05. The number of anilines is 1. The number of hydrazine groups is 1. The van der Waals surface area contributed by atoms with Crippen LogP contribution < -0.4 is 16.0 Å². The van der Waals surface area contributed by atoms with Gasteiger partial charge in [-0.3, -0.25) is 0 Å². The van der Waals surface area contributed by atoms with E-state index in [2.05, 4.69) is 31.3 Å². The van der Waals surface area contributed by atoms with Gasteiger partial charge in [-0.2, -0.15) is 4.98 Å². The molecule has 6 heteroatoms. The molecule has 0 saturated heterocycles. The van der Waals surface area contributed by atoms with Crippen molar-refractivity contribution in [2.75, 3.05) is 5.43 Å². The van der Waals surface area contributed by atoms with Gasteiger partial charge in [-0.15, -0.1) is 0 Å². The van der Waals surface area contributed by atoms with Crippen LogP contribution in [0, 0.1) is 13.8 Å². The summed E-state index contributed by atoms with van der Waals surface area (Å²) in [6.45, 7) is 7.95. The van der Waals surface area contributed by atoms with Crippen LogP contribution in [0.4, 0.5) is 5.82 Å². The number of halogens is 1. The van der Waals surface area contributed by atoms with E-state index in [1.807, 2.05) is 45.9 Å². The summed E-state index contributed by atoms with van der Waals surface area (Å²) in [6.07, 6.45) is 0. The summed E-state index contributed by atoms with van der Waals surface area (Å²) in [5.41, 5.74) is 4.52. The average molecular weight is 351 g/mol. The summed E-state index contributed by atoms with van der Waals surface area (Å²) in [5, 5.41) is 0. The molecule has 5 nitrogen and oxygen atoms in total. The minimum absolute atomic E-state index is 0.182. The Bertz CT molecular complexity index is 658. The quantitative estimate of drug-likeness (QED) is 0.642. The maximum absolute atomic E-state index is 5.93. The molecule has 0 radical (unpaired) electrons. The first-order valence-corrected chi connectivity index (χ1v) is 7.50. The van der Waals surface area contributed by atoms with Gasteiger partial charge in [-0.1, -0.05) is 19.9 Å². The van der Waals surface area contributed by atoms with E-state index in [0.717, 1.165) is 15.6 Å². The van der Waals surface area contributed by atoms with E-state index in [0.29, 0.717) is 23.3 Å². The van der Waals surface area contributed by atoms with E-state index in [1.165, 1.54) is 0 Å². The molecule has 2 rings (SSSR count). The van der Waals surface area contributed by atoms with Crippen LogP contribution in [0.5, 0.6) is 11.6 Å². The summed E-state index contributed by atoms with van der Waals surface area (Å²) in [5.74, 6) is 8.19. The molecule has 0 bridgehead atoms. The first-order valence-electron chi connectivity index (χ1n) is 6.71. The van der Waals surface area contributed by atoms with Gasteiger partial charge in [0.1, 0.15) is 11.6 Å². The largest absolute Gasteiger partial charge is 0.437 e. The van der Waals surface area contributed by atoms with E-state index in [9.17, 15) is 0 Å². The fourth-order valence-corrected chi connectivity index (χ4v) is 2.38. The van der Waals surface area contributed by atoms with Crippen LogP contribution in [0.15, 0.2) is 22.7 Å². The molecule has 0 aliphatic heterocycles. The second-order valence-electron chi connectivity index (χ2n) is 5.20. The highest BCUT2D eigenvalue weighted by Crippen LogP contribution is 2.33. The fraction of sp³-hybridized carbons (Fsp3) is 0.333. The number of ether oxygens (including phenoxy) is 1. The number of hydrogen-bond donors (Lipinski definition) is 2. The normalized spacial score (nSPS) is 10.8. The van der Waals surface area contributed by atoms with Gasteiger partial charge >= 0.3 is 0 Å². The molecule has 0 fully saturated rings. The Morgan fingerprint density at radius 2 is 1.95 bits per heavy atom. The lowest BCUT2D eigenvalue weighted by Crippen LogP contribution is -2.13. The Labute approximate surface area is 133 Å². The standard InChI is InChI=1S/C15H19BrN4O/c1-8(2)13-18-14(20-17)10(4)15(19-13)21-12-6-5-9(3)7-11(12)16/h5-8H,17H2,1-4H3,(H,18,19,20). The highest BCUT2D eigenvalue weighted by molar-refractivity contribution is 9.10. The number of nitrogens with zero attached hydrogens (tertiary/aromatic N) is 2. The Kier molecular flexibility index (Phi) is 4.80. The van der Waals surface area contributed by atoms with Gasteiger partial charge in [0.05, 0.1) is 10.0 Å². The minimum Gasteiger partial charge on any atom is -0.437 e. The zero-order valence-electron chi connectivity index (χ0n) is 12.6. The smallest absolute Gasteiger partial charge is 0.227 e. The highest BCUT2D eigenvalue weighted by Gasteiger charge is 2.15. The van der Waals surface area contributed by atoms with Gasteiger partial charge in [0.15, 0.2) is 5.82 Å². The third-order valence-electron chi connectivity index (χ3n) is 3.07. The molecule has 0 atom stereocenters. The Morgan fingerprint density at radius 3 is 2.52 bits per heavy atom. The molecule has 0 saturated carbocycles. The first-order chi connectivity index (χ1) is 9.92. The molecule has 1 aromatic carbocycles. The summed E-state index contributed by atoms with van der Waals surface area (Å²) in [4.78, 5) is 8.88. The molecule has 112 valence electrons. The number of benzene rings is 1. The molecule has 0 aliphatic rings. The Hall–Kier alpha value is -1.66. The molecular weight excluding hydrogens is 332 g/mol. The number of nitrogen functional groups attached to an aromatic ring is 1. The number of hydrogen-bond acceptors (Lipinski definition) is 5. The van der Waals surface area contributed by atoms with Crippen molar-refractivity contribution in [2.24, 2.45) is 5.84 Å². The van der Waals surface area contributed by atoms with Crippen LogP contribution in [0.3, 0.4) is 0 Å². The lowest BCUT2D eigenvalue weighted by Gasteiger charge is -2.15. The number of nitrogens with one attached hydrogen (secondary N) is 1. The van der Waals surface area contributed by atoms with Crippen molar-refractivity contribution in [1.82, 2.24) is 9.97 Å². The molecule has 21 heavy (non-hydrogen) atoms. The number of nitrogens with two attached hydrogens (primary N) is 1. The van der Waals surface area contributed by atoms with Gasteiger partial charge < -0.3 is 10.2 Å². The van der Waals surface area contributed by atoms with Crippen LogP contribution in [0.1, 0.15) is 36.7 Å². The first kappa shape index (κ1) is 15.7. The van der Waals surface area contributed by atoms with Crippen LogP contribution in [0.25, 0.3) is 0 Å². The van der Waals surface area contributed by atoms with Crippen molar-refractivity contribution in [1.29, 1.82) is 0 Å². The van der Waals surface area contributed by atoms with Crippen LogP contribution in [-0.4, -0.2) is 9.97 Å². The summed E-state index contributed by atoms with van der Waals surface area (Å²) >= 11 is 3.50. The molecule has 0 unspecified atom stereocenters. The van der Waals surface area contributed by atoms with Crippen molar-refractivity contribution in [3.63, 3.8) is 0 Å². The second kappa shape index (κ2) is 6.41. The van der Waals surface area contributed by atoms with Crippen molar-refractivity contribution in [3.05, 3.63) is 39.6 Å². The predicted octanol–water partition coefficient (Wildman–Crippen LogP) is 4.06. The summed E-state index contributed by atoms with van der Waals surface area (Å²) < 4.78 is 6.82. The maximum Gasteiger partial charge on any atom is 0.227 e. The van der Waals surface area contributed by atoms with Crippen molar-refractivity contribution in [2.45, 2.75) is 33.6 Å². The molecule has 1 heterocycles. The van der Waals surface area contributed by atoms with E-state index in [4.69, 9.17) is 10.6 Å². The third-order valence-corrected chi connectivity index (χ3v) is 3.69. The molecule has 0 spiro atoms. The van der Waals surface area contributed by atoms with Gasteiger partial charge in [0, 0.05) is 5.92 Å². The Balaban J connectivity index is 2.45. The van der Waals surface area contributed by atoms with Gasteiger partial charge in [0.2, 0.25) is 5.88 Å². The fourth-order valence-electron chi connectivity index (χ4n) is 1.80. The lowest BCUT2D eigenvalue weighted by atomic mass is 10.2. The predicted molar refractivity (Wildman–Crippen MR) is 87.6 cm³/mol. The van der Waals surface area contributed by atoms with Crippen molar-refractivity contribution < 1.29 is 4.74 Å². The van der Waals surface area contributed by atoms with E-state index < -0.39 is 0 Å². The van der Waals surface area contributed by atoms with Gasteiger partial charge in [0.25, 0.3) is 0 Å². The monoisotopic (exact) mass is 350 g/mol.